The zero-order valence-electron chi connectivity index (χ0n) is 9.74. The summed E-state index contributed by atoms with van der Waals surface area (Å²) >= 11 is 3.21. The zero-order chi connectivity index (χ0) is 13.1. The average molecular weight is 303 g/mol. The van der Waals surface area contributed by atoms with Crippen LogP contribution in [0.4, 0.5) is 0 Å². The SMILES string of the molecule is CC(C)(O)CCOc1ccc(Br)cc1C(=O)O. The lowest BCUT2D eigenvalue weighted by Gasteiger charge is -2.17. The topological polar surface area (TPSA) is 66.8 Å². The second kappa shape index (κ2) is 5.51. The molecule has 0 saturated heterocycles. The molecule has 0 aliphatic rings. The number of carbonyl (C=O) groups is 1. The van der Waals surface area contributed by atoms with Gasteiger partial charge in [-0.25, -0.2) is 4.79 Å². The number of aromatic carboxylic acids is 1. The molecule has 5 heteroatoms. The molecule has 0 saturated carbocycles. The van der Waals surface area contributed by atoms with Crippen LogP contribution in [-0.4, -0.2) is 28.4 Å². The minimum absolute atomic E-state index is 0.107. The summed E-state index contributed by atoms with van der Waals surface area (Å²) in [6, 6.07) is 4.80. The van der Waals surface area contributed by atoms with Gasteiger partial charge in [0.2, 0.25) is 0 Å². The van der Waals surface area contributed by atoms with Crippen molar-refractivity contribution >= 4 is 21.9 Å². The first-order valence-electron chi connectivity index (χ1n) is 5.17. The molecule has 1 aromatic rings. The van der Waals surface area contributed by atoms with Gasteiger partial charge >= 0.3 is 5.97 Å². The number of benzene rings is 1. The normalized spacial score (nSPS) is 11.3. The second-order valence-corrected chi connectivity index (χ2v) is 5.27. The van der Waals surface area contributed by atoms with Crippen molar-refractivity contribution in [2.24, 2.45) is 0 Å². The van der Waals surface area contributed by atoms with E-state index in [0.717, 1.165) is 0 Å². The minimum Gasteiger partial charge on any atom is -0.493 e. The van der Waals surface area contributed by atoms with E-state index in [0.29, 0.717) is 16.6 Å². The number of halogens is 1. The Bertz CT molecular complexity index is 409. The molecule has 4 nitrogen and oxygen atoms in total. The Hall–Kier alpha value is -1.07. The maximum atomic E-state index is 11.0. The number of ether oxygens (including phenoxy) is 1. The van der Waals surface area contributed by atoms with Crippen LogP contribution in [0, 0.1) is 0 Å². The molecule has 0 aliphatic carbocycles. The minimum atomic E-state index is -1.04. The Morgan fingerprint density at radius 3 is 2.65 bits per heavy atom. The fraction of sp³-hybridized carbons (Fsp3) is 0.417. The Morgan fingerprint density at radius 2 is 2.12 bits per heavy atom. The molecule has 0 fully saturated rings. The summed E-state index contributed by atoms with van der Waals surface area (Å²) in [5, 5.41) is 18.5. The highest BCUT2D eigenvalue weighted by molar-refractivity contribution is 9.10. The first-order chi connectivity index (χ1) is 7.79. The van der Waals surface area contributed by atoms with Crippen LogP contribution >= 0.6 is 15.9 Å². The first-order valence-corrected chi connectivity index (χ1v) is 5.97. The number of rotatable bonds is 5. The standard InChI is InChI=1S/C12H15BrO4/c1-12(2,16)5-6-17-10-4-3-8(13)7-9(10)11(14)15/h3-4,7,16H,5-6H2,1-2H3,(H,14,15). The predicted molar refractivity (Wildman–Crippen MR) is 67.5 cm³/mol. The van der Waals surface area contributed by atoms with E-state index in [1.807, 2.05) is 0 Å². The lowest BCUT2D eigenvalue weighted by molar-refractivity contribution is 0.0548. The summed E-state index contributed by atoms with van der Waals surface area (Å²) in [6.07, 6.45) is 0.433. The predicted octanol–water partition coefficient (Wildman–Crippen LogP) is 2.69. The molecule has 0 heterocycles. The van der Waals surface area contributed by atoms with Gasteiger partial charge in [0.15, 0.2) is 0 Å². The summed E-state index contributed by atoms with van der Waals surface area (Å²) < 4.78 is 6.05. The molecule has 0 unspecified atom stereocenters. The van der Waals surface area contributed by atoms with Gasteiger partial charge in [-0.3, -0.25) is 0 Å². The van der Waals surface area contributed by atoms with Crippen LogP contribution in [0.5, 0.6) is 5.75 Å². The van der Waals surface area contributed by atoms with Gasteiger partial charge in [0.05, 0.1) is 12.2 Å². The van der Waals surface area contributed by atoms with E-state index in [1.165, 1.54) is 6.07 Å². The van der Waals surface area contributed by atoms with Gasteiger partial charge in [-0.2, -0.15) is 0 Å². The summed E-state index contributed by atoms with van der Waals surface area (Å²) in [5.41, 5.74) is -0.714. The highest BCUT2D eigenvalue weighted by Gasteiger charge is 2.15. The van der Waals surface area contributed by atoms with E-state index in [9.17, 15) is 9.90 Å². The number of carboxylic acids is 1. The number of hydrogen-bond acceptors (Lipinski definition) is 3. The number of aliphatic hydroxyl groups is 1. The molecule has 1 aromatic carbocycles. The lowest BCUT2D eigenvalue weighted by Crippen LogP contribution is -2.22. The fourth-order valence-electron chi connectivity index (χ4n) is 1.21. The van der Waals surface area contributed by atoms with Crippen molar-refractivity contribution in [3.05, 3.63) is 28.2 Å². The molecule has 0 aliphatic heterocycles. The fourth-order valence-corrected chi connectivity index (χ4v) is 1.57. The largest absolute Gasteiger partial charge is 0.493 e. The van der Waals surface area contributed by atoms with Crippen LogP contribution in [0.1, 0.15) is 30.6 Å². The van der Waals surface area contributed by atoms with Crippen molar-refractivity contribution in [1.29, 1.82) is 0 Å². The Kier molecular flexibility index (Phi) is 4.54. The van der Waals surface area contributed by atoms with Crippen LogP contribution in [0.15, 0.2) is 22.7 Å². The molecule has 0 atom stereocenters. The highest BCUT2D eigenvalue weighted by Crippen LogP contribution is 2.23. The van der Waals surface area contributed by atoms with Crippen molar-refractivity contribution < 1.29 is 19.7 Å². The first kappa shape index (κ1) is 14.0. The Balaban J connectivity index is 2.74. The van der Waals surface area contributed by atoms with E-state index < -0.39 is 11.6 Å². The molecule has 0 amide bonds. The number of hydrogen-bond donors (Lipinski definition) is 2. The van der Waals surface area contributed by atoms with Gasteiger partial charge in [-0.15, -0.1) is 0 Å². The van der Waals surface area contributed by atoms with Crippen molar-refractivity contribution in [3.63, 3.8) is 0 Å². The Morgan fingerprint density at radius 1 is 1.47 bits per heavy atom. The van der Waals surface area contributed by atoms with Crippen LogP contribution in [0.25, 0.3) is 0 Å². The molecule has 94 valence electrons. The van der Waals surface area contributed by atoms with Crippen LogP contribution < -0.4 is 4.74 Å². The summed E-state index contributed by atoms with van der Waals surface area (Å²) in [7, 11) is 0. The molecule has 0 aromatic heterocycles. The van der Waals surface area contributed by atoms with Gasteiger partial charge in [0.25, 0.3) is 0 Å². The Labute approximate surface area is 108 Å². The molecule has 17 heavy (non-hydrogen) atoms. The third kappa shape index (κ3) is 4.75. The summed E-state index contributed by atoms with van der Waals surface area (Å²) in [6.45, 7) is 3.62. The monoisotopic (exact) mass is 302 g/mol. The molecule has 0 bridgehead atoms. The van der Waals surface area contributed by atoms with E-state index >= 15 is 0 Å². The summed E-state index contributed by atoms with van der Waals surface area (Å²) in [4.78, 5) is 11.0. The maximum absolute atomic E-state index is 11.0. The van der Waals surface area contributed by atoms with E-state index in [-0.39, 0.29) is 12.2 Å². The lowest BCUT2D eigenvalue weighted by atomic mass is 10.1. The zero-order valence-corrected chi connectivity index (χ0v) is 11.3. The van der Waals surface area contributed by atoms with Crippen LogP contribution in [0.3, 0.4) is 0 Å². The molecule has 1 rings (SSSR count). The summed E-state index contributed by atoms with van der Waals surface area (Å²) in [5.74, 6) is -0.727. The van der Waals surface area contributed by atoms with Gasteiger partial charge in [-0.1, -0.05) is 15.9 Å². The van der Waals surface area contributed by atoms with Crippen molar-refractivity contribution in [2.75, 3.05) is 6.61 Å². The second-order valence-electron chi connectivity index (χ2n) is 4.36. The molecule has 0 radical (unpaired) electrons. The molecular weight excluding hydrogens is 288 g/mol. The average Bonchev–Trinajstić information content (AvgIpc) is 2.18. The maximum Gasteiger partial charge on any atom is 0.339 e. The van der Waals surface area contributed by atoms with Gasteiger partial charge in [0.1, 0.15) is 11.3 Å². The molecule has 2 N–H and O–H groups in total. The molecular formula is C12H15BrO4. The van der Waals surface area contributed by atoms with Gasteiger partial charge in [0, 0.05) is 10.9 Å². The quantitative estimate of drug-likeness (QED) is 0.877. The van der Waals surface area contributed by atoms with Crippen molar-refractivity contribution in [1.82, 2.24) is 0 Å². The smallest absolute Gasteiger partial charge is 0.339 e. The van der Waals surface area contributed by atoms with Crippen molar-refractivity contribution in [3.8, 4) is 5.75 Å². The van der Waals surface area contributed by atoms with Crippen LogP contribution in [0.2, 0.25) is 0 Å². The van der Waals surface area contributed by atoms with Gasteiger partial charge in [-0.05, 0) is 32.0 Å². The third-order valence-electron chi connectivity index (χ3n) is 2.14. The van der Waals surface area contributed by atoms with E-state index in [2.05, 4.69) is 15.9 Å². The van der Waals surface area contributed by atoms with E-state index in [4.69, 9.17) is 9.84 Å². The third-order valence-corrected chi connectivity index (χ3v) is 2.64. The van der Waals surface area contributed by atoms with Gasteiger partial charge < -0.3 is 14.9 Å². The van der Waals surface area contributed by atoms with Crippen LogP contribution in [-0.2, 0) is 0 Å². The highest BCUT2D eigenvalue weighted by atomic mass is 79.9. The van der Waals surface area contributed by atoms with E-state index in [1.54, 1.807) is 26.0 Å². The number of carboxylic acid groups (broad SMARTS) is 1. The van der Waals surface area contributed by atoms with Crippen molar-refractivity contribution in [2.45, 2.75) is 25.9 Å². The molecule has 0 spiro atoms.